The molecule has 0 aliphatic heterocycles. The summed E-state index contributed by atoms with van der Waals surface area (Å²) in [5.74, 6) is 0.589. The zero-order valence-corrected chi connectivity index (χ0v) is 13.0. The first kappa shape index (κ1) is 14.6. The van der Waals surface area contributed by atoms with Crippen LogP contribution in [0.4, 0.5) is 5.69 Å². The summed E-state index contributed by atoms with van der Waals surface area (Å²) in [6.45, 7) is 1.93. The van der Waals surface area contributed by atoms with Gasteiger partial charge in [0.1, 0.15) is 5.78 Å². The quantitative estimate of drug-likeness (QED) is 0.898. The number of halogens is 1. The maximum absolute atomic E-state index is 12.4. The topological polar surface area (TPSA) is 46.2 Å². The second kappa shape index (κ2) is 5.80. The third kappa shape index (κ3) is 2.98. The minimum atomic E-state index is -0.0434. The van der Waals surface area contributed by atoms with E-state index in [1.807, 2.05) is 19.1 Å². The van der Waals surface area contributed by atoms with Crippen LogP contribution in [0.15, 0.2) is 18.2 Å². The number of carbonyl (C=O) groups excluding carboxylic acids is 2. The fourth-order valence-corrected chi connectivity index (χ4v) is 3.79. The highest BCUT2D eigenvalue weighted by Crippen LogP contribution is 2.40. The predicted molar refractivity (Wildman–Crippen MR) is 83.4 cm³/mol. The normalized spacial score (nSPS) is 28.3. The molecule has 1 amide bonds. The van der Waals surface area contributed by atoms with E-state index in [0.717, 1.165) is 30.5 Å². The Kier molecular flexibility index (Phi) is 4.03. The van der Waals surface area contributed by atoms with Gasteiger partial charge in [-0.15, -0.1) is 0 Å². The summed E-state index contributed by atoms with van der Waals surface area (Å²) in [6, 6.07) is 5.55. The number of anilines is 1. The molecular formula is C17H20ClNO2. The Hall–Kier alpha value is -1.35. The first-order chi connectivity index (χ1) is 10.0. The minimum absolute atomic E-state index is 0.0271. The van der Waals surface area contributed by atoms with Gasteiger partial charge in [0.25, 0.3) is 0 Å². The van der Waals surface area contributed by atoms with Gasteiger partial charge >= 0.3 is 0 Å². The van der Waals surface area contributed by atoms with Crippen LogP contribution in [-0.4, -0.2) is 11.7 Å². The van der Waals surface area contributed by atoms with E-state index in [-0.39, 0.29) is 23.7 Å². The van der Waals surface area contributed by atoms with E-state index >= 15 is 0 Å². The Morgan fingerprint density at radius 3 is 2.52 bits per heavy atom. The molecule has 2 aliphatic rings. The SMILES string of the molecule is Cc1ccc(NC(=O)C2C[C@@H]3CCC[C@@H](C2)C3=O)cc1Cl. The molecule has 2 bridgehead atoms. The molecule has 1 aromatic rings. The number of hydrogen-bond donors (Lipinski definition) is 1. The van der Waals surface area contributed by atoms with Crippen molar-refractivity contribution in [2.75, 3.05) is 5.32 Å². The zero-order valence-electron chi connectivity index (χ0n) is 12.2. The van der Waals surface area contributed by atoms with Crippen molar-refractivity contribution in [2.24, 2.45) is 17.8 Å². The Bertz CT molecular complexity index is 568. The fourth-order valence-electron chi connectivity index (χ4n) is 3.61. The van der Waals surface area contributed by atoms with Crippen molar-refractivity contribution in [2.45, 2.75) is 39.0 Å². The fraction of sp³-hybridized carbons (Fsp3) is 0.529. The lowest BCUT2D eigenvalue weighted by molar-refractivity contribution is -0.136. The number of ketones is 1. The molecule has 3 nitrogen and oxygen atoms in total. The summed E-state index contributed by atoms with van der Waals surface area (Å²) >= 11 is 6.08. The van der Waals surface area contributed by atoms with Gasteiger partial charge < -0.3 is 5.32 Å². The van der Waals surface area contributed by atoms with E-state index in [1.165, 1.54) is 0 Å². The van der Waals surface area contributed by atoms with Gasteiger partial charge in [-0.05, 0) is 50.3 Å². The highest BCUT2D eigenvalue weighted by Gasteiger charge is 2.41. The molecule has 0 heterocycles. The molecule has 21 heavy (non-hydrogen) atoms. The third-order valence-electron chi connectivity index (χ3n) is 4.86. The molecule has 0 unspecified atom stereocenters. The zero-order chi connectivity index (χ0) is 15.0. The number of Topliss-reactive ketones (excluding diaryl/α,β-unsaturated/α-hetero) is 1. The molecule has 2 saturated carbocycles. The number of benzene rings is 1. The largest absolute Gasteiger partial charge is 0.326 e. The van der Waals surface area contributed by atoms with Gasteiger partial charge in [0, 0.05) is 28.5 Å². The van der Waals surface area contributed by atoms with E-state index < -0.39 is 0 Å². The van der Waals surface area contributed by atoms with Crippen molar-refractivity contribution < 1.29 is 9.59 Å². The van der Waals surface area contributed by atoms with Gasteiger partial charge in [-0.3, -0.25) is 9.59 Å². The molecule has 0 aromatic heterocycles. The second-order valence-electron chi connectivity index (χ2n) is 6.35. The Balaban J connectivity index is 1.68. The van der Waals surface area contributed by atoms with Crippen LogP contribution in [0.1, 0.15) is 37.7 Å². The van der Waals surface area contributed by atoms with Gasteiger partial charge in [0.05, 0.1) is 0 Å². The average molecular weight is 306 g/mol. The molecule has 1 N–H and O–H groups in total. The molecule has 0 radical (unpaired) electrons. The van der Waals surface area contributed by atoms with Crippen molar-refractivity contribution in [3.05, 3.63) is 28.8 Å². The Morgan fingerprint density at radius 1 is 1.24 bits per heavy atom. The lowest BCUT2D eigenvalue weighted by Crippen LogP contribution is -2.40. The molecule has 2 fully saturated rings. The summed E-state index contributed by atoms with van der Waals surface area (Å²) in [6.07, 6.45) is 4.45. The Labute approximate surface area is 130 Å². The number of carbonyl (C=O) groups is 2. The number of fused-ring (bicyclic) bond motifs is 2. The molecule has 3 rings (SSSR count). The van der Waals surface area contributed by atoms with Crippen LogP contribution in [0.5, 0.6) is 0 Å². The Morgan fingerprint density at radius 2 is 1.90 bits per heavy atom. The number of amides is 1. The average Bonchev–Trinajstić information content (AvgIpc) is 2.42. The molecule has 2 aliphatic carbocycles. The number of nitrogens with one attached hydrogen (secondary N) is 1. The van der Waals surface area contributed by atoms with Gasteiger partial charge in [-0.2, -0.15) is 0 Å². The van der Waals surface area contributed by atoms with Gasteiger partial charge in [0.15, 0.2) is 0 Å². The smallest absolute Gasteiger partial charge is 0.227 e. The van der Waals surface area contributed by atoms with Crippen molar-refractivity contribution >= 4 is 29.0 Å². The van der Waals surface area contributed by atoms with Crippen LogP contribution in [0, 0.1) is 24.7 Å². The lowest BCUT2D eigenvalue weighted by Gasteiger charge is -2.36. The van der Waals surface area contributed by atoms with Crippen LogP contribution in [-0.2, 0) is 9.59 Å². The van der Waals surface area contributed by atoms with Crippen molar-refractivity contribution in [3.63, 3.8) is 0 Å². The van der Waals surface area contributed by atoms with Crippen LogP contribution in [0.2, 0.25) is 5.02 Å². The van der Waals surface area contributed by atoms with E-state index in [9.17, 15) is 9.59 Å². The van der Waals surface area contributed by atoms with Crippen molar-refractivity contribution in [1.82, 2.24) is 0 Å². The van der Waals surface area contributed by atoms with Crippen molar-refractivity contribution in [3.8, 4) is 0 Å². The first-order valence-electron chi connectivity index (χ1n) is 7.65. The molecule has 0 spiro atoms. The van der Waals surface area contributed by atoms with Crippen LogP contribution in [0.3, 0.4) is 0 Å². The lowest BCUT2D eigenvalue weighted by atomic mass is 9.67. The summed E-state index contributed by atoms with van der Waals surface area (Å²) in [7, 11) is 0. The van der Waals surface area contributed by atoms with E-state index in [1.54, 1.807) is 6.07 Å². The third-order valence-corrected chi connectivity index (χ3v) is 5.27. The van der Waals surface area contributed by atoms with Crippen LogP contribution in [0.25, 0.3) is 0 Å². The van der Waals surface area contributed by atoms with Crippen molar-refractivity contribution in [1.29, 1.82) is 0 Å². The maximum atomic E-state index is 12.4. The van der Waals surface area contributed by atoms with Gasteiger partial charge in [0.2, 0.25) is 5.91 Å². The van der Waals surface area contributed by atoms with E-state index in [0.29, 0.717) is 23.6 Å². The predicted octanol–water partition coefficient (Wildman–Crippen LogP) is 3.98. The monoisotopic (exact) mass is 305 g/mol. The second-order valence-corrected chi connectivity index (χ2v) is 6.76. The molecule has 112 valence electrons. The minimum Gasteiger partial charge on any atom is -0.326 e. The molecule has 0 saturated heterocycles. The molecule has 1 aromatic carbocycles. The van der Waals surface area contributed by atoms with E-state index in [4.69, 9.17) is 11.6 Å². The van der Waals surface area contributed by atoms with E-state index in [2.05, 4.69) is 5.32 Å². The summed E-state index contributed by atoms with van der Waals surface area (Å²) in [5.41, 5.74) is 1.73. The number of hydrogen-bond acceptors (Lipinski definition) is 2. The van der Waals surface area contributed by atoms with Crippen LogP contribution < -0.4 is 5.32 Å². The standard InChI is InChI=1S/C17H20ClNO2/c1-10-5-6-14(9-15(10)18)19-17(21)13-7-11-3-2-4-12(8-13)16(11)20/h5-6,9,11-13H,2-4,7-8H2,1H3,(H,19,21)/t11-,12-/m0/s1. The molecular weight excluding hydrogens is 286 g/mol. The first-order valence-corrected chi connectivity index (χ1v) is 8.03. The summed E-state index contributed by atoms with van der Waals surface area (Å²) < 4.78 is 0. The summed E-state index contributed by atoms with van der Waals surface area (Å²) in [4.78, 5) is 24.5. The summed E-state index contributed by atoms with van der Waals surface area (Å²) in [5, 5.41) is 3.61. The van der Waals surface area contributed by atoms with Gasteiger partial charge in [-0.1, -0.05) is 24.1 Å². The highest BCUT2D eigenvalue weighted by atomic mass is 35.5. The highest BCUT2D eigenvalue weighted by molar-refractivity contribution is 6.31. The molecule has 4 heteroatoms. The maximum Gasteiger partial charge on any atom is 0.227 e. The van der Waals surface area contributed by atoms with Crippen LogP contribution >= 0.6 is 11.6 Å². The number of aryl methyl sites for hydroxylation is 1. The molecule has 2 atom stereocenters. The van der Waals surface area contributed by atoms with Gasteiger partial charge in [-0.25, -0.2) is 0 Å². The number of rotatable bonds is 2.